The number of nitrogens with one attached hydrogen (secondary N) is 2. The number of aromatic nitrogens is 1. The standard InChI is InChI=1S/C18H34N4O3/c1-5-8-10-23-12-13-24-11-9-20-18(19-4)21-14-15-16(6-2)22-25-17(15)7-3/h5-14H2,1-4H3,(H2,19,20,21). The molecular formula is C18H34N4O3. The molecule has 0 fully saturated rings. The molecule has 0 aliphatic rings. The molecule has 0 unspecified atom stereocenters. The van der Waals surface area contributed by atoms with Gasteiger partial charge in [-0.3, -0.25) is 4.99 Å². The fourth-order valence-electron chi connectivity index (χ4n) is 2.34. The first kappa shape index (κ1) is 21.4. The maximum absolute atomic E-state index is 5.54. The molecule has 0 bridgehead atoms. The van der Waals surface area contributed by atoms with E-state index in [-0.39, 0.29) is 0 Å². The van der Waals surface area contributed by atoms with E-state index in [2.05, 4.69) is 41.6 Å². The fraction of sp³-hybridized carbons (Fsp3) is 0.778. The first-order valence-electron chi connectivity index (χ1n) is 9.32. The van der Waals surface area contributed by atoms with Crippen molar-refractivity contribution in [3.05, 3.63) is 17.0 Å². The van der Waals surface area contributed by atoms with E-state index in [1.807, 2.05) is 0 Å². The second-order valence-electron chi connectivity index (χ2n) is 5.67. The predicted octanol–water partition coefficient (Wildman–Crippen LogP) is 2.30. The number of hydrogen-bond donors (Lipinski definition) is 2. The Labute approximate surface area is 151 Å². The van der Waals surface area contributed by atoms with Crippen molar-refractivity contribution >= 4 is 5.96 Å². The lowest BCUT2D eigenvalue weighted by molar-refractivity contribution is 0.0487. The lowest BCUT2D eigenvalue weighted by Gasteiger charge is -2.12. The smallest absolute Gasteiger partial charge is 0.191 e. The van der Waals surface area contributed by atoms with Crippen molar-refractivity contribution < 1.29 is 14.0 Å². The van der Waals surface area contributed by atoms with Gasteiger partial charge in [-0.1, -0.05) is 32.3 Å². The summed E-state index contributed by atoms with van der Waals surface area (Å²) in [5, 5.41) is 10.7. The summed E-state index contributed by atoms with van der Waals surface area (Å²) in [6.45, 7) is 10.4. The van der Waals surface area contributed by atoms with Gasteiger partial charge in [-0.05, 0) is 12.8 Å². The van der Waals surface area contributed by atoms with Crippen LogP contribution in [0.4, 0.5) is 0 Å². The zero-order valence-corrected chi connectivity index (χ0v) is 16.2. The first-order valence-corrected chi connectivity index (χ1v) is 9.32. The van der Waals surface area contributed by atoms with Gasteiger partial charge in [-0.2, -0.15) is 0 Å². The molecule has 7 nitrogen and oxygen atoms in total. The SMILES string of the molecule is CCCCOCCOCCNC(=NC)NCc1c(CC)noc1CC. The Balaban J connectivity index is 2.20. The number of unbranched alkanes of at least 4 members (excludes halogenated alkanes) is 1. The molecule has 0 aliphatic carbocycles. The molecule has 0 aliphatic heterocycles. The number of guanidine groups is 1. The molecule has 1 aromatic rings. The molecule has 0 atom stereocenters. The van der Waals surface area contributed by atoms with E-state index >= 15 is 0 Å². The second-order valence-corrected chi connectivity index (χ2v) is 5.67. The van der Waals surface area contributed by atoms with Crippen LogP contribution in [0.15, 0.2) is 9.52 Å². The zero-order chi connectivity index (χ0) is 18.3. The quantitative estimate of drug-likeness (QED) is 0.321. The third-order valence-electron chi connectivity index (χ3n) is 3.82. The van der Waals surface area contributed by atoms with Crippen LogP contribution in [0.5, 0.6) is 0 Å². The zero-order valence-electron chi connectivity index (χ0n) is 16.2. The highest BCUT2D eigenvalue weighted by Crippen LogP contribution is 2.15. The van der Waals surface area contributed by atoms with Crippen LogP contribution in [0, 0.1) is 0 Å². The van der Waals surface area contributed by atoms with E-state index in [9.17, 15) is 0 Å². The van der Waals surface area contributed by atoms with Crippen molar-refractivity contribution in [1.29, 1.82) is 0 Å². The summed E-state index contributed by atoms with van der Waals surface area (Å²) in [4.78, 5) is 4.23. The van der Waals surface area contributed by atoms with Crippen LogP contribution in [-0.4, -0.2) is 51.1 Å². The van der Waals surface area contributed by atoms with Crippen LogP contribution in [0.3, 0.4) is 0 Å². The Morgan fingerprint density at radius 3 is 2.44 bits per heavy atom. The summed E-state index contributed by atoms with van der Waals surface area (Å²) in [7, 11) is 1.76. The summed E-state index contributed by atoms with van der Waals surface area (Å²) >= 11 is 0. The molecule has 144 valence electrons. The van der Waals surface area contributed by atoms with Crippen molar-refractivity contribution in [2.75, 3.05) is 40.0 Å². The highest BCUT2D eigenvalue weighted by molar-refractivity contribution is 5.79. The molecule has 25 heavy (non-hydrogen) atoms. The number of aryl methyl sites for hydroxylation is 2. The number of ether oxygens (including phenoxy) is 2. The van der Waals surface area contributed by atoms with Gasteiger partial charge in [0.15, 0.2) is 5.96 Å². The molecular weight excluding hydrogens is 320 g/mol. The minimum absolute atomic E-state index is 0.617. The van der Waals surface area contributed by atoms with Crippen LogP contribution in [0.25, 0.3) is 0 Å². The number of hydrogen-bond acceptors (Lipinski definition) is 5. The van der Waals surface area contributed by atoms with Gasteiger partial charge in [-0.25, -0.2) is 0 Å². The van der Waals surface area contributed by atoms with E-state index < -0.39 is 0 Å². The predicted molar refractivity (Wildman–Crippen MR) is 100 cm³/mol. The Morgan fingerprint density at radius 1 is 1.04 bits per heavy atom. The van der Waals surface area contributed by atoms with Gasteiger partial charge < -0.3 is 24.6 Å². The molecule has 1 rings (SSSR count). The Kier molecular flexibility index (Phi) is 11.7. The summed E-state index contributed by atoms with van der Waals surface area (Å²) in [5.41, 5.74) is 2.14. The minimum Gasteiger partial charge on any atom is -0.379 e. The van der Waals surface area contributed by atoms with E-state index in [0.29, 0.717) is 32.9 Å². The molecule has 2 N–H and O–H groups in total. The third kappa shape index (κ3) is 8.36. The van der Waals surface area contributed by atoms with Crippen LogP contribution in [0.1, 0.15) is 50.6 Å². The van der Waals surface area contributed by atoms with E-state index in [1.165, 1.54) is 0 Å². The highest BCUT2D eigenvalue weighted by atomic mass is 16.5. The van der Waals surface area contributed by atoms with Crippen molar-refractivity contribution in [1.82, 2.24) is 15.8 Å². The molecule has 0 radical (unpaired) electrons. The second kappa shape index (κ2) is 13.7. The molecule has 0 saturated carbocycles. The maximum Gasteiger partial charge on any atom is 0.191 e. The Morgan fingerprint density at radius 2 is 1.80 bits per heavy atom. The van der Waals surface area contributed by atoms with Gasteiger partial charge in [0.05, 0.1) is 25.5 Å². The van der Waals surface area contributed by atoms with E-state index in [1.54, 1.807) is 7.05 Å². The maximum atomic E-state index is 5.54. The van der Waals surface area contributed by atoms with Gasteiger partial charge in [0, 0.05) is 38.7 Å². The van der Waals surface area contributed by atoms with E-state index in [0.717, 1.165) is 55.3 Å². The molecule has 0 spiro atoms. The lowest BCUT2D eigenvalue weighted by Crippen LogP contribution is -2.38. The van der Waals surface area contributed by atoms with Gasteiger partial charge in [-0.15, -0.1) is 0 Å². The van der Waals surface area contributed by atoms with Gasteiger partial charge in [0.1, 0.15) is 5.76 Å². The molecule has 0 saturated heterocycles. The van der Waals surface area contributed by atoms with Crippen molar-refractivity contribution in [3.63, 3.8) is 0 Å². The fourth-order valence-corrected chi connectivity index (χ4v) is 2.34. The molecule has 1 aromatic heterocycles. The molecule has 0 aromatic carbocycles. The van der Waals surface area contributed by atoms with Gasteiger partial charge in [0.25, 0.3) is 0 Å². The topological polar surface area (TPSA) is 80.9 Å². The normalized spacial score (nSPS) is 11.8. The van der Waals surface area contributed by atoms with Gasteiger partial charge in [0.2, 0.25) is 0 Å². The summed E-state index contributed by atoms with van der Waals surface area (Å²) in [5.74, 6) is 1.68. The van der Waals surface area contributed by atoms with Gasteiger partial charge >= 0.3 is 0 Å². The lowest BCUT2D eigenvalue weighted by atomic mass is 10.1. The van der Waals surface area contributed by atoms with Crippen LogP contribution in [0.2, 0.25) is 0 Å². The van der Waals surface area contributed by atoms with Crippen LogP contribution >= 0.6 is 0 Å². The minimum atomic E-state index is 0.617. The Bertz CT molecular complexity index is 467. The number of nitrogens with zero attached hydrogens (tertiary/aromatic N) is 2. The highest BCUT2D eigenvalue weighted by Gasteiger charge is 2.13. The molecule has 1 heterocycles. The third-order valence-corrected chi connectivity index (χ3v) is 3.82. The summed E-state index contributed by atoms with van der Waals surface area (Å²) < 4.78 is 16.4. The van der Waals surface area contributed by atoms with Crippen LogP contribution in [-0.2, 0) is 28.9 Å². The molecule has 7 heteroatoms. The summed E-state index contributed by atoms with van der Waals surface area (Å²) in [6, 6.07) is 0. The number of rotatable bonds is 13. The van der Waals surface area contributed by atoms with Crippen LogP contribution < -0.4 is 10.6 Å². The monoisotopic (exact) mass is 354 g/mol. The van der Waals surface area contributed by atoms with Crippen molar-refractivity contribution in [2.45, 2.75) is 53.0 Å². The average molecular weight is 354 g/mol. The van der Waals surface area contributed by atoms with Crippen molar-refractivity contribution in [2.24, 2.45) is 4.99 Å². The summed E-state index contributed by atoms with van der Waals surface area (Å²) in [6.07, 6.45) is 3.96. The average Bonchev–Trinajstić information content (AvgIpc) is 3.04. The van der Waals surface area contributed by atoms with E-state index in [4.69, 9.17) is 14.0 Å². The molecule has 0 amide bonds. The Hall–Kier alpha value is -1.60. The van der Waals surface area contributed by atoms with Crippen molar-refractivity contribution in [3.8, 4) is 0 Å². The number of aliphatic imine (C=N–C) groups is 1. The first-order chi connectivity index (χ1) is 12.3. The largest absolute Gasteiger partial charge is 0.379 e.